The van der Waals surface area contributed by atoms with Crippen LogP contribution in [0.15, 0.2) is 12.1 Å². The first-order chi connectivity index (χ1) is 9.63. The van der Waals surface area contributed by atoms with Crippen molar-refractivity contribution in [1.29, 1.82) is 0 Å². The Morgan fingerprint density at radius 2 is 1.90 bits per heavy atom. The molecule has 1 N–H and O–H groups in total. The number of piperazine rings is 1. The van der Waals surface area contributed by atoms with Crippen molar-refractivity contribution in [2.45, 2.75) is 39.8 Å². The Morgan fingerprint density at radius 1 is 1.20 bits per heavy atom. The van der Waals surface area contributed by atoms with Crippen molar-refractivity contribution in [3.05, 3.63) is 23.4 Å². The lowest BCUT2D eigenvalue weighted by Crippen LogP contribution is -2.49. The van der Waals surface area contributed by atoms with Crippen LogP contribution in [0.3, 0.4) is 0 Å². The number of rotatable bonds is 5. The van der Waals surface area contributed by atoms with E-state index in [1.807, 2.05) is 7.05 Å². The van der Waals surface area contributed by atoms with Crippen molar-refractivity contribution in [1.82, 2.24) is 15.2 Å². The summed E-state index contributed by atoms with van der Waals surface area (Å²) in [7, 11) is 1.99. The standard InChI is InChI=1S/C16H28N4/c1-5-15-10-14(12-17-4)11-16(18-15)20-8-6-19(7-9-20)13(2)3/h10-11,13,17H,5-9,12H2,1-4H3. The minimum absolute atomic E-state index is 0.645. The first-order valence-corrected chi connectivity index (χ1v) is 7.77. The van der Waals surface area contributed by atoms with Crippen molar-refractivity contribution in [3.8, 4) is 0 Å². The summed E-state index contributed by atoms with van der Waals surface area (Å²) < 4.78 is 0. The van der Waals surface area contributed by atoms with Crippen molar-refractivity contribution >= 4 is 5.82 Å². The monoisotopic (exact) mass is 276 g/mol. The Bertz CT molecular complexity index is 422. The summed E-state index contributed by atoms with van der Waals surface area (Å²) in [6.45, 7) is 12.1. The van der Waals surface area contributed by atoms with Crippen molar-refractivity contribution in [2.75, 3.05) is 38.1 Å². The molecule has 1 saturated heterocycles. The van der Waals surface area contributed by atoms with Gasteiger partial charge in [0.05, 0.1) is 0 Å². The summed E-state index contributed by atoms with van der Waals surface area (Å²) in [5, 5.41) is 3.23. The molecular formula is C16H28N4. The largest absolute Gasteiger partial charge is 0.354 e. The lowest BCUT2D eigenvalue weighted by atomic mass is 10.1. The van der Waals surface area contributed by atoms with Crippen LogP contribution in [0.1, 0.15) is 32.0 Å². The van der Waals surface area contributed by atoms with Crippen LogP contribution >= 0.6 is 0 Å². The molecule has 2 rings (SSSR count). The summed E-state index contributed by atoms with van der Waals surface area (Å²) in [5.74, 6) is 1.15. The highest BCUT2D eigenvalue weighted by Crippen LogP contribution is 2.18. The van der Waals surface area contributed by atoms with Gasteiger partial charge in [-0.15, -0.1) is 0 Å². The van der Waals surface area contributed by atoms with Crippen LogP contribution in [0.25, 0.3) is 0 Å². The second-order valence-electron chi connectivity index (χ2n) is 5.83. The molecular weight excluding hydrogens is 248 g/mol. The zero-order chi connectivity index (χ0) is 14.5. The van der Waals surface area contributed by atoms with Crippen LogP contribution in [-0.2, 0) is 13.0 Å². The van der Waals surface area contributed by atoms with E-state index in [1.165, 1.54) is 11.3 Å². The Balaban J connectivity index is 2.10. The molecule has 4 nitrogen and oxygen atoms in total. The summed E-state index contributed by atoms with van der Waals surface area (Å²) in [5.41, 5.74) is 2.53. The van der Waals surface area contributed by atoms with Gasteiger partial charge in [0, 0.05) is 44.5 Å². The van der Waals surface area contributed by atoms with E-state index in [-0.39, 0.29) is 0 Å². The van der Waals surface area contributed by atoms with E-state index in [1.54, 1.807) is 0 Å². The summed E-state index contributed by atoms with van der Waals surface area (Å²) in [4.78, 5) is 9.77. The quantitative estimate of drug-likeness (QED) is 0.890. The topological polar surface area (TPSA) is 31.4 Å². The Labute approximate surface area is 123 Å². The van der Waals surface area contributed by atoms with Crippen molar-refractivity contribution in [2.24, 2.45) is 0 Å². The highest BCUT2D eigenvalue weighted by atomic mass is 15.3. The third-order valence-corrected chi connectivity index (χ3v) is 4.04. The minimum Gasteiger partial charge on any atom is -0.354 e. The molecule has 1 aromatic rings. The zero-order valence-corrected chi connectivity index (χ0v) is 13.3. The maximum Gasteiger partial charge on any atom is 0.129 e. The molecule has 1 aliphatic rings. The lowest BCUT2D eigenvalue weighted by molar-refractivity contribution is 0.209. The number of hydrogen-bond acceptors (Lipinski definition) is 4. The summed E-state index contributed by atoms with van der Waals surface area (Å²) >= 11 is 0. The third-order valence-electron chi connectivity index (χ3n) is 4.04. The molecule has 0 bridgehead atoms. The van der Waals surface area contributed by atoms with Gasteiger partial charge in [0.25, 0.3) is 0 Å². The van der Waals surface area contributed by atoms with Gasteiger partial charge < -0.3 is 10.2 Å². The first kappa shape index (κ1) is 15.3. The summed E-state index contributed by atoms with van der Waals surface area (Å²) in [6.07, 6.45) is 0.997. The maximum atomic E-state index is 4.81. The Kier molecular flexibility index (Phi) is 5.38. The van der Waals surface area contributed by atoms with Gasteiger partial charge in [0.1, 0.15) is 5.82 Å². The molecule has 0 radical (unpaired) electrons. The van der Waals surface area contributed by atoms with E-state index in [2.05, 4.69) is 48.0 Å². The molecule has 20 heavy (non-hydrogen) atoms. The average molecular weight is 276 g/mol. The second-order valence-corrected chi connectivity index (χ2v) is 5.83. The molecule has 4 heteroatoms. The van der Waals surface area contributed by atoms with Crippen LogP contribution in [0, 0.1) is 0 Å². The van der Waals surface area contributed by atoms with Crippen molar-refractivity contribution in [3.63, 3.8) is 0 Å². The van der Waals surface area contributed by atoms with Crippen LogP contribution in [0.5, 0.6) is 0 Å². The van der Waals surface area contributed by atoms with E-state index < -0.39 is 0 Å². The predicted molar refractivity (Wildman–Crippen MR) is 85.3 cm³/mol. The molecule has 0 aromatic carbocycles. The molecule has 1 aromatic heterocycles. The average Bonchev–Trinajstić information content (AvgIpc) is 2.47. The van der Waals surface area contributed by atoms with E-state index in [4.69, 9.17) is 4.98 Å². The van der Waals surface area contributed by atoms with Gasteiger partial charge >= 0.3 is 0 Å². The molecule has 0 aliphatic carbocycles. The van der Waals surface area contributed by atoms with E-state index in [0.29, 0.717) is 6.04 Å². The lowest BCUT2D eigenvalue weighted by Gasteiger charge is -2.37. The number of nitrogens with one attached hydrogen (secondary N) is 1. The predicted octanol–water partition coefficient (Wildman–Crippen LogP) is 1.89. The van der Waals surface area contributed by atoms with E-state index >= 15 is 0 Å². The number of anilines is 1. The molecule has 0 saturated carbocycles. The van der Waals surface area contributed by atoms with Gasteiger partial charge in [0.15, 0.2) is 0 Å². The smallest absolute Gasteiger partial charge is 0.129 e. The molecule has 0 atom stereocenters. The fourth-order valence-electron chi connectivity index (χ4n) is 2.75. The fourth-order valence-corrected chi connectivity index (χ4v) is 2.75. The molecule has 0 unspecified atom stereocenters. The fraction of sp³-hybridized carbons (Fsp3) is 0.688. The van der Waals surface area contributed by atoms with Gasteiger partial charge in [-0.1, -0.05) is 6.92 Å². The number of aromatic nitrogens is 1. The Morgan fingerprint density at radius 3 is 2.45 bits per heavy atom. The molecule has 112 valence electrons. The van der Waals surface area contributed by atoms with E-state index in [0.717, 1.165) is 45.0 Å². The SMILES string of the molecule is CCc1cc(CNC)cc(N2CCN(C(C)C)CC2)n1. The number of pyridine rings is 1. The number of nitrogens with zero attached hydrogens (tertiary/aromatic N) is 3. The van der Waals surface area contributed by atoms with Crippen LogP contribution in [0.2, 0.25) is 0 Å². The highest BCUT2D eigenvalue weighted by molar-refractivity contribution is 5.43. The van der Waals surface area contributed by atoms with Gasteiger partial charge in [-0.2, -0.15) is 0 Å². The highest BCUT2D eigenvalue weighted by Gasteiger charge is 2.20. The summed E-state index contributed by atoms with van der Waals surface area (Å²) in [6, 6.07) is 5.09. The zero-order valence-electron chi connectivity index (χ0n) is 13.3. The second kappa shape index (κ2) is 7.04. The third kappa shape index (κ3) is 3.70. The number of aryl methyl sites for hydroxylation is 1. The first-order valence-electron chi connectivity index (χ1n) is 7.77. The maximum absolute atomic E-state index is 4.81. The van der Waals surface area contributed by atoms with Crippen LogP contribution in [-0.4, -0.2) is 49.2 Å². The van der Waals surface area contributed by atoms with Crippen LogP contribution < -0.4 is 10.2 Å². The van der Waals surface area contributed by atoms with E-state index in [9.17, 15) is 0 Å². The molecule has 0 amide bonds. The molecule has 0 spiro atoms. The van der Waals surface area contributed by atoms with Crippen LogP contribution in [0.4, 0.5) is 5.82 Å². The van der Waals surface area contributed by atoms with Gasteiger partial charge in [-0.25, -0.2) is 4.98 Å². The van der Waals surface area contributed by atoms with Gasteiger partial charge in [-0.05, 0) is 45.0 Å². The normalized spacial score (nSPS) is 16.9. The molecule has 2 heterocycles. The van der Waals surface area contributed by atoms with Gasteiger partial charge in [0.2, 0.25) is 0 Å². The number of hydrogen-bond donors (Lipinski definition) is 1. The van der Waals surface area contributed by atoms with Crippen molar-refractivity contribution < 1.29 is 0 Å². The minimum atomic E-state index is 0.645. The van der Waals surface area contributed by atoms with Gasteiger partial charge in [-0.3, -0.25) is 4.90 Å². The molecule has 1 aliphatic heterocycles. The Hall–Kier alpha value is -1.13. The molecule has 1 fully saturated rings.